The van der Waals surface area contributed by atoms with Crippen molar-refractivity contribution in [1.82, 2.24) is 9.80 Å². The monoisotopic (exact) mass is 1300 g/mol. The molecule has 8 rings (SSSR count). The fraction of sp³-hybridized carbons (Fsp3) is 0.561. The van der Waals surface area contributed by atoms with Gasteiger partial charge in [-0.25, -0.2) is 0 Å². The Hall–Kier alpha value is 0.873. The Morgan fingerprint density at radius 2 is 1.06 bits per heavy atom. The predicted octanol–water partition coefficient (Wildman–Crippen LogP) is 8.81. The molecular formula is C57H77ClK2N2O9S8. The molecule has 8 heterocycles. The van der Waals surface area contributed by atoms with Crippen LogP contribution in [-0.2, 0) is 33.6 Å². The number of carboxylic acid groups (broad SMARTS) is 1. The Labute approximate surface area is 593 Å². The first-order chi connectivity index (χ1) is 37.3. The maximum atomic E-state index is 12.7. The number of carbonyl (C=O) groups excluding carboxylic acids is 4. The number of aliphatic carboxylic acids is 1. The van der Waals surface area contributed by atoms with Crippen LogP contribution in [-0.4, -0.2) is 106 Å². The van der Waals surface area contributed by atoms with Gasteiger partial charge in [0.25, 0.3) is 6.47 Å². The second-order valence-corrected chi connectivity index (χ2v) is 29.3. The van der Waals surface area contributed by atoms with Crippen LogP contribution in [0, 0.1) is 39.5 Å². The van der Waals surface area contributed by atoms with E-state index < -0.39 is 5.97 Å². The van der Waals surface area contributed by atoms with E-state index in [2.05, 4.69) is 100 Å². The van der Waals surface area contributed by atoms with E-state index in [-0.39, 0.29) is 140 Å². The van der Waals surface area contributed by atoms with Gasteiger partial charge in [-0.1, -0.05) is 68.2 Å². The van der Waals surface area contributed by atoms with Gasteiger partial charge in [-0.2, -0.15) is 0 Å². The molecule has 0 bridgehead atoms. The first kappa shape index (κ1) is 74.1. The first-order valence-electron chi connectivity index (χ1n) is 26.7. The van der Waals surface area contributed by atoms with Crippen LogP contribution in [0.5, 0.6) is 0 Å². The second kappa shape index (κ2) is 42.7. The molecule has 0 aromatic carbocycles. The minimum absolute atomic E-state index is 0. The van der Waals surface area contributed by atoms with Crippen LogP contribution in [0.2, 0.25) is 0 Å². The van der Waals surface area contributed by atoms with E-state index >= 15 is 0 Å². The molecule has 4 aromatic rings. The molecule has 22 heteroatoms. The van der Waals surface area contributed by atoms with E-state index in [0.717, 1.165) is 107 Å². The summed E-state index contributed by atoms with van der Waals surface area (Å²) in [5.41, 5.74) is 7.97. The van der Waals surface area contributed by atoms with Gasteiger partial charge in [0.05, 0.1) is 11.8 Å². The molecule has 4 fully saturated rings. The third-order valence-corrected chi connectivity index (χ3v) is 24.1. The van der Waals surface area contributed by atoms with Crippen molar-refractivity contribution < 1.29 is 148 Å². The zero-order valence-electron chi connectivity index (χ0n) is 47.9. The predicted molar refractivity (Wildman–Crippen MR) is 330 cm³/mol. The number of esters is 2. The van der Waals surface area contributed by atoms with Crippen LogP contribution in [0.4, 0.5) is 0 Å². The van der Waals surface area contributed by atoms with Crippen LogP contribution in [0.15, 0.2) is 57.9 Å². The normalized spacial score (nSPS) is 18.8. The van der Waals surface area contributed by atoms with E-state index in [4.69, 9.17) is 26.4 Å². The summed E-state index contributed by atoms with van der Waals surface area (Å²) in [7, 11) is 7.90. The summed E-state index contributed by atoms with van der Waals surface area (Å²) < 4.78 is 5.25. The molecule has 4 aromatic heterocycles. The van der Waals surface area contributed by atoms with Gasteiger partial charge in [-0.05, 0) is 197 Å². The molecule has 0 aliphatic carbocycles. The number of halogens is 1. The number of nitrogens with zero attached hydrogens (tertiary/aromatic N) is 2. The molecule has 4 saturated heterocycles. The summed E-state index contributed by atoms with van der Waals surface area (Å²) in [4.78, 5) is 67.8. The molecule has 11 nitrogen and oxygen atoms in total. The number of piperidine rings is 2. The molecule has 426 valence electrons. The zero-order chi connectivity index (χ0) is 55.4. The van der Waals surface area contributed by atoms with Crippen molar-refractivity contribution >= 4 is 141 Å². The summed E-state index contributed by atoms with van der Waals surface area (Å²) in [6.45, 7) is 13.7. The van der Waals surface area contributed by atoms with Crippen molar-refractivity contribution in [2.45, 2.75) is 141 Å². The summed E-state index contributed by atoms with van der Waals surface area (Å²) in [6, 6.07) is 8.73. The number of rotatable bonds is 23. The number of hydrogen-bond donors (Lipinski definition) is 1. The number of hydrogen-bond acceptors (Lipinski definition) is 18. The Morgan fingerprint density at radius 3 is 1.42 bits per heavy atom. The summed E-state index contributed by atoms with van der Waals surface area (Å²) >= 11 is 12.4. The number of thiophene rings is 4. The molecule has 0 saturated carbocycles. The molecule has 4 aliphatic heterocycles. The van der Waals surface area contributed by atoms with Crippen molar-refractivity contribution in [3.8, 4) is 0 Å². The standard InChI is InChI=1S/C28H37NO3S4.C20H25NO2S2.C8H13ClOS2.CH2O3.2K.H/c1-20-11-16-33-26(20)24(27-21(2)12-17-34-27)9-6-15-29-14-5-7-22(19-29)28(31)32-25(30)10-4-3-8-23-13-18-35-36-23;1-14-7-11-24-18(14)17(19-15(2)8-12-25-19)6-4-10-21-9-3-5-16(13-21)20(22)23;9-8(10)4-2-1-3-7-5-6-11-12-7;2-1-4-3;;;/h9,11-12,16-17,22-23H,3-8,10,13-15,18-19H2,1-2H3;6-8,11-12,16H,3-5,9-10,13H2,1-2H3,(H,22,23);7H,1-6H2;1,3H;;;/q;;;;2*+1;-1/p-1/t22?,23-;;7-;;;;/m1.1..../s1. The van der Waals surface area contributed by atoms with E-state index in [9.17, 15) is 24.3 Å². The number of carboxylic acids is 1. The summed E-state index contributed by atoms with van der Waals surface area (Å²) in [5.74, 6) is 0.814. The van der Waals surface area contributed by atoms with Gasteiger partial charge in [0, 0.05) is 91.7 Å². The number of likely N-dealkylation sites (tertiary alicyclic amines) is 2. The Bertz CT molecular complexity index is 2410. The van der Waals surface area contributed by atoms with Crippen molar-refractivity contribution in [2.75, 3.05) is 50.8 Å². The number of unbranched alkanes of at least 4 members (excludes halogenated alkanes) is 2. The van der Waals surface area contributed by atoms with Crippen molar-refractivity contribution in [3.05, 3.63) is 99.7 Å². The van der Waals surface area contributed by atoms with Gasteiger partial charge in [-0.3, -0.25) is 24.0 Å². The number of aryl methyl sites for hydroxylation is 4. The molecule has 79 heavy (non-hydrogen) atoms. The van der Waals surface area contributed by atoms with Crippen molar-refractivity contribution in [2.24, 2.45) is 11.8 Å². The van der Waals surface area contributed by atoms with E-state index in [1.165, 1.54) is 83.7 Å². The van der Waals surface area contributed by atoms with Gasteiger partial charge in [0.15, 0.2) is 0 Å². The Kier molecular flexibility index (Phi) is 40.0. The van der Waals surface area contributed by atoms with Crippen molar-refractivity contribution in [1.29, 1.82) is 0 Å². The van der Waals surface area contributed by atoms with Gasteiger partial charge in [0.2, 0.25) is 5.24 Å². The van der Waals surface area contributed by atoms with Crippen molar-refractivity contribution in [3.63, 3.8) is 0 Å². The summed E-state index contributed by atoms with van der Waals surface area (Å²) in [6.07, 6.45) is 20.1. The summed E-state index contributed by atoms with van der Waals surface area (Å²) in [5, 5.41) is 27.7. The number of ether oxygens (including phenoxy) is 1. The topological polar surface area (TPSA) is 154 Å². The van der Waals surface area contributed by atoms with E-state index in [1.807, 2.05) is 43.2 Å². The third kappa shape index (κ3) is 27.6. The largest absolute Gasteiger partial charge is 1.00 e. The fourth-order valence-electron chi connectivity index (χ4n) is 9.52. The Balaban J connectivity index is 0.000000430. The molecule has 4 aliphatic rings. The first-order valence-corrected chi connectivity index (χ1v) is 35.4. The van der Waals surface area contributed by atoms with Crippen LogP contribution in [0.3, 0.4) is 0 Å². The van der Waals surface area contributed by atoms with Crippen LogP contribution in [0.1, 0.15) is 146 Å². The fourth-order valence-corrected chi connectivity index (χ4v) is 19.7. The molecule has 4 atom stereocenters. The molecule has 2 unspecified atom stereocenters. The van der Waals surface area contributed by atoms with Crippen LogP contribution >= 0.6 is 100 Å². The minimum Gasteiger partial charge on any atom is -1.00 e. The minimum atomic E-state index is -0.649. The zero-order valence-corrected chi connectivity index (χ0v) is 60.4. The number of carbonyl (C=O) groups is 5. The Morgan fingerprint density at radius 1 is 0.658 bits per heavy atom. The van der Waals surface area contributed by atoms with Crippen LogP contribution in [0.25, 0.3) is 11.1 Å². The van der Waals surface area contributed by atoms with Crippen LogP contribution < -0.4 is 108 Å². The molecule has 0 spiro atoms. The smallest absolute Gasteiger partial charge is 1.00 e. The maximum absolute atomic E-state index is 12.7. The van der Waals surface area contributed by atoms with Gasteiger partial charge in [0.1, 0.15) is 0 Å². The van der Waals surface area contributed by atoms with Gasteiger partial charge < -0.3 is 31.2 Å². The van der Waals surface area contributed by atoms with Gasteiger partial charge in [-0.15, -0.1) is 45.3 Å². The molecule has 1 N–H and O–H groups in total. The average Bonchev–Trinajstić information content (AvgIpc) is 4.32. The van der Waals surface area contributed by atoms with E-state index in [0.29, 0.717) is 25.9 Å². The van der Waals surface area contributed by atoms with Gasteiger partial charge >= 0.3 is 121 Å². The SMILES string of the molecule is Cc1ccsc1C(=CCCN1CCCC(C(=O)O)C1)c1sccc1C.Cc1ccsc1C(=CCCN1CCCC(C(=O)OC(=O)CCCC[C@@H]2CCSS2)C1)c1sccc1C.O=C(Cl)CCCC[C@@H]1CCSS1.O=CO[O-].[H-].[K+].[K+]. The molecular weight excluding hydrogens is 1230 g/mol. The average molecular weight is 1300 g/mol. The quantitative estimate of drug-likeness (QED) is 0.00866. The van der Waals surface area contributed by atoms with E-state index in [1.54, 1.807) is 45.3 Å². The second-order valence-electron chi connectivity index (χ2n) is 19.7. The third-order valence-electron chi connectivity index (χ3n) is 13.7. The molecule has 0 amide bonds. The molecule has 0 radical (unpaired) electrons. The maximum Gasteiger partial charge on any atom is 1.00 e.